The molecule has 0 fully saturated rings. The van der Waals surface area contributed by atoms with Crippen molar-refractivity contribution in [3.05, 3.63) is 16.7 Å². The fourth-order valence-corrected chi connectivity index (χ4v) is 1.15. The van der Waals surface area contributed by atoms with E-state index in [-0.39, 0.29) is 6.61 Å². The molecule has 3 nitrogen and oxygen atoms in total. The Bertz CT molecular complexity index is 257. The molecule has 1 aromatic heterocycles. The minimum absolute atomic E-state index is 0.112. The molecule has 0 aliphatic carbocycles. The molecule has 0 aromatic carbocycles. The van der Waals surface area contributed by atoms with E-state index in [1.54, 1.807) is 0 Å². The quantitative estimate of drug-likeness (QED) is 0.724. The molecule has 0 unspecified atom stereocenters. The zero-order chi connectivity index (χ0) is 8.43. The first kappa shape index (κ1) is 8.56. The molecule has 0 aliphatic heterocycles. The standard InChI is InChI=1S/C7H11ClN2O/c1-5-7(8)9-6(3-4-11)10(5)2/h11H,3-4H2,1-2H3. The van der Waals surface area contributed by atoms with Crippen LogP contribution >= 0.6 is 11.6 Å². The summed E-state index contributed by atoms with van der Waals surface area (Å²) in [6, 6.07) is 0. The first-order valence-electron chi connectivity index (χ1n) is 3.45. The summed E-state index contributed by atoms with van der Waals surface area (Å²) in [5.74, 6) is 0.829. The topological polar surface area (TPSA) is 38.1 Å². The van der Waals surface area contributed by atoms with Crippen molar-refractivity contribution in [2.45, 2.75) is 13.3 Å². The predicted octanol–water partition coefficient (Wildman–Crippen LogP) is 0.917. The zero-order valence-corrected chi connectivity index (χ0v) is 7.39. The van der Waals surface area contributed by atoms with Crippen molar-refractivity contribution in [2.24, 2.45) is 7.05 Å². The summed E-state index contributed by atoms with van der Waals surface area (Å²) in [7, 11) is 1.89. The summed E-state index contributed by atoms with van der Waals surface area (Å²) < 4.78 is 1.89. The van der Waals surface area contributed by atoms with Crippen LogP contribution in [0, 0.1) is 6.92 Å². The van der Waals surface area contributed by atoms with E-state index in [1.807, 2.05) is 18.5 Å². The van der Waals surface area contributed by atoms with Crippen LogP contribution in [0.4, 0.5) is 0 Å². The summed E-state index contributed by atoms with van der Waals surface area (Å²) in [6.45, 7) is 2.01. The van der Waals surface area contributed by atoms with Crippen LogP contribution < -0.4 is 0 Å². The second kappa shape index (κ2) is 3.24. The van der Waals surface area contributed by atoms with E-state index in [4.69, 9.17) is 16.7 Å². The minimum Gasteiger partial charge on any atom is -0.396 e. The fraction of sp³-hybridized carbons (Fsp3) is 0.571. The molecular weight excluding hydrogens is 164 g/mol. The largest absolute Gasteiger partial charge is 0.396 e. The fourth-order valence-electron chi connectivity index (χ4n) is 0.925. The molecule has 0 spiro atoms. The van der Waals surface area contributed by atoms with Gasteiger partial charge in [0.25, 0.3) is 0 Å². The van der Waals surface area contributed by atoms with E-state index in [2.05, 4.69) is 4.98 Å². The Morgan fingerprint density at radius 3 is 2.64 bits per heavy atom. The lowest BCUT2D eigenvalue weighted by Gasteiger charge is -1.99. The molecule has 4 heteroatoms. The number of halogens is 1. The van der Waals surface area contributed by atoms with Crippen molar-refractivity contribution in [3.8, 4) is 0 Å². The first-order valence-corrected chi connectivity index (χ1v) is 3.83. The van der Waals surface area contributed by atoms with E-state index in [0.717, 1.165) is 11.5 Å². The Hall–Kier alpha value is -0.540. The van der Waals surface area contributed by atoms with Gasteiger partial charge >= 0.3 is 0 Å². The Kier molecular flexibility index (Phi) is 2.52. The summed E-state index contributed by atoms with van der Waals surface area (Å²) in [4.78, 5) is 4.07. The van der Waals surface area contributed by atoms with Gasteiger partial charge in [-0.2, -0.15) is 0 Å². The van der Waals surface area contributed by atoms with Crippen LogP contribution in [0.1, 0.15) is 11.5 Å². The molecule has 11 heavy (non-hydrogen) atoms. The van der Waals surface area contributed by atoms with Gasteiger partial charge in [-0.3, -0.25) is 0 Å². The van der Waals surface area contributed by atoms with Gasteiger partial charge in [0.05, 0.1) is 12.3 Å². The highest BCUT2D eigenvalue weighted by molar-refractivity contribution is 6.30. The Labute approximate surface area is 70.6 Å². The molecule has 1 aromatic rings. The number of aromatic nitrogens is 2. The van der Waals surface area contributed by atoms with E-state index in [9.17, 15) is 0 Å². The van der Waals surface area contributed by atoms with Crippen molar-refractivity contribution in [3.63, 3.8) is 0 Å². The number of aliphatic hydroxyl groups is 1. The highest BCUT2D eigenvalue weighted by atomic mass is 35.5. The van der Waals surface area contributed by atoms with E-state index in [0.29, 0.717) is 11.6 Å². The maximum absolute atomic E-state index is 8.65. The Balaban J connectivity index is 2.98. The van der Waals surface area contributed by atoms with Crippen molar-refractivity contribution in [2.75, 3.05) is 6.61 Å². The van der Waals surface area contributed by atoms with Gasteiger partial charge in [-0.15, -0.1) is 0 Å². The summed E-state index contributed by atoms with van der Waals surface area (Å²) in [5, 5.41) is 9.17. The molecule has 1 heterocycles. The molecule has 0 saturated carbocycles. The smallest absolute Gasteiger partial charge is 0.150 e. The van der Waals surface area contributed by atoms with E-state index >= 15 is 0 Å². The van der Waals surface area contributed by atoms with Crippen molar-refractivity contribution in [1.29, 1.82) is 0 Å². The third-order valence-electron chi connectivity index (χ3n) is 1.75. The van der Waals surface area contributed by atoms with Crippen molar-refractivity contribution >= 4 is 11.6 Å². The van der Waals surface area contributed by atoms with Gasteiger partial charge in [0.15, 0.2) is 0 Å². The summed E-state index contributed by atoms with van der Waals surface area (Å²) in [5.41, 5.74) is 0.940. The van der Waals surface area contributed by atoms with Crippen molar-refractivity contribution in [1.82, 2.24) is 9.55 Å². The van der Waals surface area contributed by atoms with Gasteiger partial charge in [0.2, 0.25) is 0 Å². The highest BCUT2D eigenvalue weighted by Crippen LogP contribution is 2.14. The number of imidazole rings is 1. The van der Waals surface area contributed by atoms with Crippen LogP contribution in [0.15, 0.2) is 0 Å². The van der Waals surface area contributed by atoms with Crippen molar-refractivity contribution < 1.29 is 5.11 Å². The lowest BCUT2D eigenvalue weighted by Crippen LogP contribution is -2.01. The Morgan fingerprint density at radius 1 is 1.64 bits per heavy atom. The number of rotatable bonds is 2. The van der Waals surface area contributed by atoms with Gasteiger partial charge in [0, 0.05) is 13.5 Å². The molecule has 0 atom stereocenters. The molecule has 0 saturated heterocycles. The molecule has 0 radical (unpaired) electrons. The van der Waals surface area contributed by atoms with Gasteiger partial charge in [-0.05, 0) is 6.92 Å². The monoisotopic (exact) mass is 174 g/mol. The lowest BCUT2D eigenvalue weighted by atomic mass is 10.4. The number of hydrogen-bond acceptors (Lipinski definition) is 2. The molecule has 1 rings (SSSR count). The average Bonchev–Trinajstić information content (AvgIpc) is 2.19. The predicted molar refractivity (Wildman–Crippen MR) is 43.7 cm³/mol. The average molecular weight is 175 g/mol. The second-order valence-electron chi connectivity index (χ2n) is 2.44. The van der Waals surface area contributed by atoms with Crippen LogP contribution in [-0.4, -0.2) is 21.3 Å². The molecular formula is C7H11ClN2O. The van der Waals surface area contributed by atoms with Crippen LogP contribution in [0.25, 0.3) is 0 Å². The molecule has 0 bridgehead atoms. The highest BCUT2D eigenvalue weighted by Gasteiger charge is 2.07. The number of hydrogen-bond donors (Lipinski definition) is 1. The number of aliphatic hydroxyl groups excluding tert-OH is 1. The van der Waals surface area contributed by atoms with Gasteiger partial charge in [0.1, 0.15) is 11.0 Å². The normalized spacial score (nSPS) is 10.5. The zero-order valence-electron chi connectivity index (χ0n) is 6.63. The van der Waals surface area contributed by atoms with E-state index < -0.39 is 0 Å². The summed E-state index contributed by atoms with van der Waals surface area (Å²) in [6.07, 6.45) is 0.560. The van der Waals surface area contributed by atoms with Gasteiger partial charge in [-0.25, -0.2) is 4.98 Å². The molecule has 62 valence electrons. The maximum atomic E-state index is 8.65. The third-order valence-corrected chi connectivity index (χ3v) is 2.11. The van der Waals surface area contributed by atoms with Crippen LogP contribution in [0.2, 0.25) is 5.15 Å². The Morgan fingerprint density at radius 2 is 2.27 bits per heavy atom. The van der Waals surface area contributed by atoms with Crippen LogP contribution in [0.5, 0.6) is 0 Å². The lowest BCUT2D eigenvalue weighted by molar-refractivity contribution is 0.295. The SMILES string of the molecule is Cc1c(Cl)nc(CCO)n1C. The molecule has 1 N–H and O–H groups in total. The first-order chi connectivity index (χ1) is 5.16. The van der Waals surface area contributed by atoms with Crippen LogP contribution in [0.3, 0.4) is 0 Å². The minimum atomic E-state index is 0.112. The summed E-state index contributed by atoms with van der Waals surface area (Å²) >= 11 is 5.76. The van der Waals surface area contributed by atoms with Gasteiger partial charge in [-0.1, -0.05) is 11.6 Å². The van der Waals surface area contributed by atoms with Crippen LogP contribution in [-0.2, 0) is 13.5 Å². The molecule has 0 aliphatic rings. The number of nitrogens with zero attached hydrogens (tertiary/aromatic N) is 2. The second-order valence-corrected chi connectivity index (χ2v) is 2.79. The maximum Gasteiger partial charge on any atom is 0.150 e. The van der Waals surface area contributed by atoms with E-state index in [1.165, 1.54) is 0 Å². The van der Waals surface area contributed by atoms with Gasteiger partial charge < -0.3 is 9.67 Å². The molecule has 0 amide bonds. The third kappa shape index (κ3) is 1.54.